The minimum absolute atomic E-state index is 0.00155. The Labute approximate surface area is 294 Å². The normalized spacial score (nSPS) is 18.9. The number of benzene rings is 4. The Morgan fingerprint density at radius 3 is 2.40 bits per heavy atom. The van der Waals surface area contributed by atoms with Crippen LogP contribution in [0.25, 0.3) is 22.2 Å². The maximum Gasteiger partial charge on any atom is 0.271 e. The van der Waals surface area contributed by atoms with Crippen molar-refractivity contribution in [2.24, 2.45) is 5.92 Å². The van der Waals surface area contributed by atoms with Gasteiger partial charge < -0.3 is 25.1 Å². The predicted octanol–water partition coefficient (Wildman–Crippen LogP) is 6.94. The van der Waals surface area contributed by atoms with Crippen LogP contribution in [0.2, 0.25) is 0 Å². The van der Waals surface area contributed by atoms with Crippen molar-refractivity contribution in [2.45, 2.75) is 43.6 Å². The van der Waals surface area contributed by atoms with E-state index in [-0.39, 0.29) is 36.3 Å². The number of amides is 1. The molecule has 10 heteroatoms. The fourth-order valence-electron chi connectivity index (χ4n) is 6.03. The van der Waals surface area contributed by atoms with Crippen LogP contribution in [0, 0.1) is 11.1 Å². The van der Waals surface area contributed by atoms with Crippen molar-refractivity contribution in [3.63, 3.8) is 0 Å². The first-order valence-electron chi connectivity index (χ1n) is 16.5. The van der Waals surface area contributed by atoms with Crippen molar-refractivity contribution < 1.29 is 24.1 Å². The van der Waals surface area contributed by atoms with E-state index in [1.54, 1.807) is 6.07 Å². The van der Waals surface area contributed by atoms with Crippen molar-refractivity contribution in [3.05, 3.63) is 161 Å². The Balaban J connectivity index is 1.06. The number of aromatic nitrogens is 3. The first-order valence-corrected chi connectivity index (χ1v) is 17.4. The number of hydrogen-bond donors (Lipinski definition) is 2. The van der Waals surface area contributed by atoms with Crippen molar-refractivity contribution >= 4 is 28.7 Å². The van der Waals surface area contributed by atoms with Crippen molar-refractivity contribution in [2.75, 3.05) is 5.75 Å². The summed E-state index contributed by atoms with van der Waals surface area (Å²) in [5.74, 6) is 0.293. The number of nitrogens with zero attached hydrogens (tertiary/aromatic N) is 3. The van der Waals surface area contributed by atoms with E-state index in [2.05, 4.69) is 28.3 Å². The monoisotopic (exact) mass is 684 g/mol. The van der Waals surface area contributed by atoms with Crippen molar-refractivity contribution in [1.29, 1.82) is 0 Å². The molecule has 0 bridgehead atoms. The van der Waals surface area contributed by atoms with Gasteiger partial charge in [0.15, 0.2) is 12.5 Å². The number of para-hydroxylation sites is 2. The standard InChI is InChI=1S/C40H36N4O5S/c1-26-36(25-50-37-11-4-5-20-44(37)47)48-40(49-38(26)30-14-12-27(24-45)13-15-30)31-18-16-29(17-19-31)32-8-6-7-28(21-32)22-42-39(46)35-23-41-33-9-2-3-10-34(33)43-35/h2-21,23,26,36,38,40,45H,22,24-25H2,1H3,(H,42,46). The number of thioether (sulfide) groups is 1. The van der Waals surface area contributed by atoms with E-state index < -0.39 is 6.29 Å². The number of hydrogen-bond acceptors (Lipinski definition) is 8. The van der Waals surface area contributed by atoms with Gasteiger partial charge in [0.25, 0.3) is 10.9 Å². The first-order chi connectivity index (χ1) is 24.4. The molecule has 0 saturated carbocycles. The minimum atomic E-state index is -0.622. The SMILES string of the molecule is CC1C(CSc2cccc[n+]2[O-])OC(c2ccc(-c3cccc(CNC(=O)c4cnc5ccccc5n4)c3)cc2)OC1c1ccc(CO)cc1. The Morgan fingerprint density at radius 1 is 0.860 bits per heavy atom. The summed E-state index contributed by atoms with van der Waals surface area (Å²) in [6.45, 7) is 2.43. The van der Waals surface area contributed by atoms with Gasteiger partial charge in [0.05, 0.1) is 36.0 Å². The number of carbonyl (C=O) groups excluding carboxylic acids is 1. The van der Waals surface area contributed by atoms with Crippen LogP contribution >= 0.6 is 11.8 Å². The Morgan fingerprint density at radius 2 is 1.62 bits per heavy atom. The van der Waals surface area contributed by atoms with Crippen LogP contribution < -0.4 is 10.0 Å². The van der Waals surface area contributed by atoms with E-state index in [4.69, 9.17) is 9.47 Å². The molecule has 7 rings (SSSR count). The molecule has 0 aliphatic carbocycles. The Hall–Kier alpha value is -5.13. The third-order valence-electron chi connectivity index (χ3n) is 8.88. The van der Waals surface area contributed by atoms with Gasteiger partial charge in [-0.05, 0) is 52.1 Å². The predicted molar refractivity (Wildman–Crippen MR) is 192 cm³/mol. The minimum Gasteiger partial charge on any atom is -0.618 e. The third kappa shape index (κ3) is 7.54. The van der Waals surface area contributed by atoms with E-state index in [1.807, 2.05) is 103 Å². The molecule has 9 nitrogen and oxygen atoms in total. The molecule has 1 aliphatic heterocycles. The number of aliphatic hydroxyl groups excluding tert-OH is 1. The second-order valence-electron chi connectivity index (χ2n) is 12.2. The largest absolute Gasteiger partial charge is 0.618 e. The van der Waals surface area contributed by atoms with Crippen LogP contribution in [0.3, 0.4) is 0 Å². The molecule has 1 amide bonds. The maximum atomic E-state index is 12.9. The van der Waals surface area contributed by atoms with Gasteiger partial charge in [-0.2, -0.15) is 4.73 Å². The molecule has 4 aromatic carbocycles. The highest BCUT2D eigenvalue weighted by Gasteiger charge is 2.38. The summed E-state index contributed by atoms with van der Waals surface area (Å²) in [7, 11) is 0. The zero-order valence-corrected chi connectivity index (χ0v) is 28.2. The van der Waals surface area contributed by atoms with E-state index in [9.17, 15) is 15.1 Å². The van der Waals surface area contributed by atoms with Gasteiger partial charge in [-0.25, -0.2) is 4.98 Å². The molecule has 0 spiro atoms. The van der Waals surface area contributed by atoms with Gasteiger partial charge in [-0.3, -0.25) is 9.78 Å². The highest BCUT2D eigenvalue weighted by atomic mass is 32.2. The summed E-state index contributed by atoms with van der Waals surface area (Å²) >= 11 is 1.47. The second kappa shape index (κ2) is 15.2. The van der Waals surface area contributed by atoms with E-state index >= 15 is 0 Å². The molecule has 4 atom stereocenters. The van der Waals surface area contributed by atoms with Gasteiger partial charge in [0.1, 0.15) is 5.69 Å². The van der Waals surface area contributed by atoms with Gasteiger partial charge in [-0.1, -0.05) is 97.5 Å². The Bertz CT molecular complexity index is 2090. The molecular formula is C40H36N4O5S. The lowest BCUT2D eigenvalue weighted by Gasteiger charge is -2.41. The fraction of sp³-hybridized carbons (Fsp3) is 0.200. The number of ether oxygens (including phenoxy) is 2. The summed E-state index contributed by atoms with van der Waals surface area (Å²) in [6.07, 6.45) is 1.92. The average molecular weight is 685 g/mol. The van der Waals surface area contributed by atoms with Gasteiger partial charge in [-0.15, -0.1) is 0 Å². The van der Waals surface area contributed by atoms with Gasteiger partial charge >= 0.3 is 0 Å². The molecule has 6 aromatic rings. The molecular weight excluding hydrogens is 649 g/mol. The first kappa shape index (κ1) is 33.4. The van der Waals surface area contributed by atoms with Gasteiger partial charge in [0.2, 0.25) is 0 Å². The number of aliphatic hydroxyl groups is 1. The molecule has 2 N–H and O–H groups in total. The number of rotatable bonds is 10. The van der Waals surface area contributed by atoms with E-state index in [0.717, 1.165) is 43.6 Å². The number of nitrogens with one attached hydrogen (secondary N) is 1. The van der Waals surface area contributed by atoms with Gasteiger partial charge in [0, 0.05) is 35.9 Å². The molecule has 4 unspecified atom stereocenters. The molecule has 2 aromatic heterocycles. The highest BCUT2D eigenvalue weighted by Crippen LogP contribution is 2.43. The third-order valence-corrected chi connectivity index (χ3v) is 9.99. The molecule has 50 heavy (non-hydrogen) atoms. The summed E-state index contributed by atoms with van der Waals surface area (Å²) in [6, 6.07) is 36.8. The molecule has 0 radical (unpaired) electrons. The zero-order valence-electron chi connectivity index (χ0n) is 27.4. The summed E-state index contributed by atoms with van der Waals surface area (Å²) < 4.78 is 14.1. The van der Waals surface area contributed by atoms with Crippen LogP contribution in [0.4, 0.5) is 0 Å². The lowest BCUT2D eigenvalue weighted by molar-refractivity contribution is -0.645. The van der Waals surface area contributed by atoms with E-state index in [0.29, 0.717) is 22.8 Å². The van der Waals surface area contributed by atoms with E-state index in [1.165, 1.54) is 24.2 Å². The number of pyridine rings is 1. The topological polar surface area (TPSA) is 121 Å². The van der Waals surface area contributed by atoms with Crippen LogP contribution in [-0.4, -0.2) is 32.8 Å². The van der Waals surface area contributed by atoms with Crippen LogP contribution in [-0.2, 0) is 22.6 Å². The van der Waals surface area contributed by atoms with Crippen molar-refractivity contribution in [1.82, 2.24) is 15.3 Å². The number of carbonyl (C=O) groups is 1. The summed E-state index contributed by atoms with van der Waals surface area (Å²) in [4.78, 5) is 21.6. The van der Waals surface area contributed by atoms with Crippen LogP contribution in [0.1, 0.15) is 52.1 Å². The quantitative estimate of drug-likeness (QED) is 0.0905. The lowest BCUT2D eigenvalue weighted by atomic mass is 9.91. The summed E-state index contributed by atoms with van der Waals surface area (Å²) in [5.41, 5.74) is 7.39. The molecule has 1 fully saturated rings. The number of fused-ring (bicyclic) bond motifs is 1. The average Bonchev–Trinajstić information content (AvgIpc) is 3.17. The smallest absolute Gasteiger partial charge is 0.271 e. The lowest BCUT2D eigenvalue weighted by Crippen LogP contribution is -2.39. The van der Waals surface area contributed by atoms with Crippen molar-refractivity contribution in [3.8, 4) is 11.1 Å². The molecule has 3 heterocycles. The second-order valence-corrected chi connectivity index (χ2v) is 13.3. The zero-order chi connectivity index (χ0) is 34.5. The molecule has 1 saturated heterocycles. The fourth-order valence-corrected chi connectivity index (χ4v) is 7.11. The van der Waals surface area contributed by atoms with Crippen LogP contribution in [0.5, 0.6) is 0 Å². The summed E-state index contributed by atoms with van der Waals surface area (Å²) in [5, 5.41) is 25.5. The Kier molecular flexibility index (Phi) is 10.1. The maximum absolute atomic E-state index is 12.9. The van der Waals surface area contributed by atoms with Crippen LogP contribution in [0.15, 0.2) is 133 Å². The molecule has 1 aliphatic rings. The highest BCUT2D eigenvalue weighted by molar-refractivity contribution is 7.99. The molecule has 252 valence electrons.